The predicted molar refractivity (Wildman–Crippen MR) is 109 cm³/mol. The number of sulfone groups is 1. The minimum absolute atomic E-state index is 0.147. The van der Waals surface area contributed by atoms with E-state index in [1.807, 2.05) is 51.1 Å². The smallest absolute Gasteiger partial charge is 0.240 e. The molecule has 0 aliphatic carbocycles. The average molecular weight is 378 g/mol. The van der Waals surface area contributed by atoms with E-state index in [0.29, 0.717) is 0 Å². The van der Waals surface area contributed by atoms with Gasteiger partial charge in [0.15, 0.2) is 0 Å². The van der Waals surface area contributed by atoms with Crippen molar-refractivity contribution in [1.82, 2.24) is 0 Å². The van der Waals surface area contributed by atoms with Crippen molar-refractivity contribution in [3.63, 3.8) is 0 Å². The van der Waals surface area contributed by atoms with Crippen molar-refractivity contribution >= 4 is 15.9 Å². The van der Waals surface area contributed by atoms with E-state index in [4.69, 9.17) is 4.74 Å². The molecular weight excluding hydrogens is 356 g/mol. The lowest BCUT2D eigenvalue weighted by atomic mass is 9.98. The zero-order valence-corrected chi connectivity index (χ0v) is 16.5. The zero-order chi connectivity index (χ0) is 19.8. The van der Waals surface area contributed by atoms with Crippen molar-refractivity contribution < 1.29 is 13.2 Å². The van der Waals surface area contributed by atoms with Crippen LogP contribution in [0.5, 0.6) is 0 Å². The Bertz CT molecular complexity index is 1010. The molecule has 3 nitrogen and oxygen atoms in total. The second-order valence-corrected chi connectivity index (χ2v) is 8.64. The van der Waals surface area contributed by atoms with Crippen LogP contribution < -0.4 is 0 Å². The molecule has 0 spiro atoms. The number of hydrogen-bond donors (Lipinski definition) is 0. The monoisotopic (exact) mass is 378 g/mol. The Hall–Kier alpha value is -2.99. The van der Waals surface area contributed by atoms with Crippen LogP contribution in [0.2, 0.25) is 0 Å². The highest BCUT2D eigenvalue weighted by atomic mass is 32.2. The fourth-order valence-electron chi connectivity index (χ4n) is 1.97. The van der Waals surface area contributed by atoms with Crippen LogP contribution in [0.4, 0.5) is 0 Å². The molecule has 0 fully saturated rings. The predicted octanol–water partition coefficient (Wildman–Crippen LogP) is 5.19. The van der Waals surface area contributed by atoms with E-state index in [1.165, 1.54) is 24.5 Å². The van der Waals surface area contributed by atoms with E-state index in [-0.39, 0.29) is 15.4 Å². The van der Waals surface area contributed by atoms with Gasteiger partial charge in [-0.1, -0.05) is 66.1 Å². The van der Waals surface area contributed by atoms with Crippen molar-refractivity contribution in [3.8, 4) is 11.8 Å². The number of rotatable bonds is 5. The lowest BCUT2D eigenvalue weighted by molar-refractivity contribution is 0.378. The minimum Gasteiger partial charge on any atom is -0.444 e. The van der Waals surface area contributed by atoms with Crippen molar-refractivity contribution in [2.75, 3.05) is 0 Å². The average Bonchev–Trinajstić information content (AvgIpc) is 2.64. The molecule has 0 saturated carbocycles. The number of benzene rings is 2. The molecule has 2 aromatic carbocycles. The summed E-state index contributed by atoms with van der Waals surface area (Å²) in [5, 5.41) is -0.237. The Kier molecular flexibility index (Phi) is 6.85. The van der Waals surface area contributed by atoms with E-state index in [2.05, 4.69) is 17.6 Å². The first-order valence-corrected chi connectivity index (χ1v) is 9.93. The molecule has 0 radical (unpaired) electrons. The highest BCUT2D eigenvalue weighted by Crippen LogP contribution is 2.20. The molecule has 0 aliphatic heterocycles. The van der Waals surface area contributed by atoms with Crippen molar-refractivity contribution in [2.24, 2.45) is 5.41 Å². The Morgan fingerprint density at radius 2 is 1.56 bits per heavy atom. The molecule has 4 heteroatoms. The maximum atomic E-state index is 12.8. The van der Waals surface area contributed by atoms with Crippen LogP contribution in [0, 0.1) is 17.3 Å². The third-order valence-electron chi connectivity index (χ3n) is 3.25. The van der Waals surface area contributed by atoms with Crippen LogP contribution in [-0.2, 0) is 14.6 Å². The Morgan fingerprint density at radius 3 is 2.15 bits per heavy atom. The van der Waals surface area contributed by atoms with Gasteiger partial charge in [-0.25, -0.2) is 8.42 Å². The zero-order valence-electron chi connectivity index (χ0n) is 15.6. The molecule has 0 atom stereocenters. The van der Waals surface area contributed by atoms with Crippen molar-refractivity contribution in [3.05, 3.63) is 89.4 Å². The quantitative estimate of drug-likeness (QED) is 0.408. The summed E-state index contributed by atoms with van der Waals surface area (Å²) in [4.78, 5) is 0.147. The van der Waals surface area contributed by atoms with Crippen LogP contribution in [0.3, 0.4) is 0 Å². The first-order chi connectivity index (χ1) is 12.8. The molecule has 138 valence electrons. The number of ether oxygens (including phenoxy) is 1. The minimum atomic E-state index is -3.81. The summed E-state index contributed by atoms with van der Waals surface area (Å²) in [5.41, 5.74) is 3.52. The first-order valence-electron chi connectivity index (χ1n) is 8.45. The summed E-state index contributed by atoms with van der Waals surface area (Å²) >= 11 is 0. The van der Waals surface area contributed by atoms with E-state index in [9.17, 15) is 8.42 Å². The Labute approximate surface area is 161 Å². The Morgan fingerprint density at radius 1 is 0.963 bits per heavy atom. The van der Waals surface area contributed by atoms with Crippen LogP contribution >= 0.6 is 0 Å². The standard InChI is InChI=1S/C23H22O3S/c1-23(2,3)18-10-17-22(27(24,25)21-15-8-5-9-16-21)26-19-11-14-20-12-6-4-7-13-20/h4-9,12-17,19H,1-3H3/b22-17+. The molecular formula is C23H22O3S. The van der Waals surface area contributed by atoms with Gasteiger partial charge in [-0.15, -0.1) is 0 Å². The maximum absolute atomic E-state index is 12.8. The van der Waals surface area contributed by atoms with E-state index in [0.717, 1.165) is 5.56 Å². The summed E-state index contributed by atoms with van der Waals surface area (Å²) < 4.78 is 31.1. The Balaban J connectivity index is 2.34. The largest absolute Gasteiger partial charge is 0.444 e. The van der Waals surface area contributed by atoms with Gasteiger partial charge in [-0.2, -0.15) is 0 Å². The molecule has 0 unspecified atom stereocenters. The second-order valence-electron chi connectivity index (χ2n) is 6.76. The topological polar surface area (TPSA) is 43.4 Å². The summed E-state index contributed by atoms with van der Waals surface area (Å²) in [6.45, 7) is 5.84. The molecule has 0 heterocycles. The van der Waals surface area contributed by atoms with Crippen molar-refractivity contribution in [2.45, 2.75) is 25.7 Å². The molecule has 0 bridgehead atoms. The normalized spacial score (nSPS) is 11.6. The van der Waals surface area contributed by atoms with Gasteiger partial charge in [-0.3, -0.25) is 0 Å². The molecule has 0 N–H and O–H groups in total. The van der Waals surface area contributed by atoms with Crippen LogP contribution in [0.25, 0.3) is 6.08 Å². The lowest BCUT2D eigenvalue weighted by Crippen LogP contribution is -2.06. The second kappa shape index (κ2) is 9.09. The van der Waals surface area contributed by atoms with Gasteiger partial charge >= 0.3 is 0 Å². The summed E-state index contributed by atoms with van der Waals surface area (Å²) in [7, 11) is -3.81. The molecule has 2 aromatic rings. The maximum Gasteiger partial charge on any atom is 0.240 e. The van der Waals surface area contributed by atoms with E-state index >= 15 is 0 Å². The molecule has 0 amide bonds. The summed E-state index contributed by atoms with van der Waals surface area (Å²) in [6, 6.07) is 17.7. The molecule has 0 saturated heterocycles. The number of allylic oxidation sites excluding steroid dienone is 1. The van der Waals surface area contributed by atoms with Gasteiger partial charge in [0.05, 0.1) is 4.90 Å². The highest BCUT2D eigenvalue weighted by Gasteiger charge is 2.21. The molecule has 27 heavy (non-hydrogen) atoms. The lowest BCUT2D eigenvalue weighted by Gasteiger charge is -2.08. The third-order valence-corrected chi connectivity index (χ3v) is 4.88. The summed E-state index contributed by atoms with van der Waals surface area (Å²) in [6.07, 6.45) is 4.21. The highest BCUT2D eigenvalue weighted by molar-refractivity contribution is 7.95. The van der Waals surface area contributed by atoms with Crippen LogP contribution in [-0.4, -0.2) is 8.42 Å². The third kappa shape index (κ3) is 6.67. The van der Waals surface area contributed by atoms with Gasteiger partial charge in [-0.05, 0) is 44.5 Å². The van der Waals surface area contributed by atoms with E-state index < -0.39 is 9.84 Å². The van der Waals surface area contributed by atoms with Crippen molar-refractivity contribution in [1.29, 1.82) is 0 Å². The molecule has 0 aliphatic rings. The fourth-order valence-corrected chi connectivity index (χ4v) is 3.11. The fraction of sp³-hybridized carbons (Fsp3) is 0.174. The molecule has 2 rings (SSSR count). The van der Waals surface area contributed by atoms with Gasteiger partial charge in [0.1, 0.15) is 6.26 Å². The van der Waals surface area contributed by atoms with Crippen LogP contribution in [0.1, 0.15) is 26.3 Å². The van der Waals surface area contributed by atoms with Gasteiger partial charge in [0.2, 0.25) is 14.9 Å². The van der Waals surface area contributed by atoms with Crippen LogP contribution in [0.15, 0.2) is 88.7 Å². The number of hydrogen-bond acceptors (Lipinski definition) is 3. The molecule has 0 aromatic heterocycles. The van der Waals surface area contributed by atoms with E-state index in [1.54, 1.807) is 24.3 Å². The van der Waals surface area contributed by atoms with Gasteiger partial charge in [0, 0.05) is 11.5 Å². The van der Waals surface area contributed by atoms with Gasteiger partial charge < -0.3 is 4.74 Å². The SMILES string of the molecule is CC(C)(C)C#C/C=C(\OC=C=Cc1ccccc1)S(=O)(=O)c1ccccc1. The first kappa shape index (κ1) is 20.3. The van der Waals surface area contributed by atoms with Gasteiger partial charge in [0.25, 0.3) is 0 Å². The summed E-state index contributed by atoms with van der Waals surface area (Å²) in [5.74, 6) is 5.76.